The van der Waals surface area contributed by atoms with Gasteiger partial charge in [0.15, 0.2) is 0 Å². The second-order valence-electron chi connectivity index (χ2n) is 7.43. The quantitative estimate of drug-likeness (QED) is 0.690. The van der Waals surface area contributed by atoms with Crippen LogP contribution in [0, 0.1) is 10.8 Å². The number of halogens is 2. The molecule has 0 atom stereocenters. The summed E-state index contributed by atoms with van der Waals surface area (Å²) in [5, 5.41) is 0. The van der Waals surface area contributed by atoms with Gasteiger partial charge in [0.2, 0.25) is 6.43 Å². The lowest BCUT2D eigenvalue weighted by molar-refractivity contribution is -0.105. The molecule has 108 valence electrons. The van der Waals surface area contributed by atoms with Gasteiger partial charge in [-0.2, -0.15) is 0 Å². The zero-order chi connectivity index (χ0) is 14.0. The number of allylic oxidation sites excluding steroid dienone is 4. The lowest BCUT2D eigenvalue weighted by Crippen LogP contribution is -2.33. The molecule has 1 nitrogen and oxygen atoms in total. The summed E-state index contributed by atoms with van der Waals surface area (Å²) in [6.45, 7) is 0. The number of carbonyl (C=O) groups is 1. The minimum absolute atomic E-state index is 0.403. The van der Waals surface area contributed by atoms with Gasteiger partial charge in [0, 0.05) is 5.41 Å². The molecule has 5 rings (SSSR count). The Kier molecular flexibility index (Phi) is 2.56. The van der Waals surface area contributed by atoms with Crippen LogP contribution < -0.4 is 0 Å². The molecule has 0 amide bonds. The molecular formula is C17H20F2O. The fourth-order valence-electron chi connectivity index (χ4n) is 4.83. The van der Waals surface area contributed by atoms with Crippen molar-refractivity contribution in [1.82, 2.24) is 0 Å². The van der Waals surface area contributed by atoms with Crippen molar-refractivity contribution in [2.45, 2.75) is 64.2 Å². The van der Waals surface area contributed by atoms with Crippen LogP contribution in [0.5, 0.6) is 0 Å². The molecule has 3 heteroatoms. The molecule has 0 heterocycles. The second kappa shape index (κ2) is 4.02. The van der Waals surface area contributed by atoms with E-state index in [2.05, 4.69) is 0 Å². The van der Waals surface area contributed by atoms with Gasteiger partial charge in [0.25, 0.3) is 0 Å². The van der Waals surface area contributed by atoms with E-state index >= 15 is 0 Å². The van der Waals surface area contributed by atoms with E-state index in [1.165, 1.54) is 30.4 Å². The zero-order valence-corrected chi connectivity index (χ0v) is 11.7. The summed E-state index contributed by atoms with van der Waals surface area (Å²) in [5.74, 6) is 0. The van der Waals surface area contributed by atoms with Crippen molar-refractivity contribution in [3.05, 3.63) is 22.3 Å². The van der Waals surface area contributed by atoms with Gasteiger partial charge in [-0.05, 0) is 73.5 Å². The zero-order valence-electron chi connectivity index (χ0n) is 11.7. The van der Waals surface area contributed by atoms with E-state index in [-0.39, 0.29) is 0 Å². The molecule has 2 bridgehead atoms. The largest absolute Gasteiger partial charge is 0.298 e. The minimum Gasteiger partial charge on any atom is -0.298 e. The molecule has 0 N–H and O–H groups in total. The van der Waals surface area contributed by atoms with Crippen molar-refractivity contribution in [2.75, 3.05) is 0 Å². The maximum Gasteiger partial charge on any atom is 0.245 e. The molecule has 2 saturated carbocycles. The van der Waals surface area contributed by atoms with Crippen LogP contribution in [-0.2, 0) is 4.79 Å². The number of rotatable bonds is 3. The standard InChI is InChI=1S/C17H20F2O/c18-15(19)17-6-12(7-17)14(9-17)13-8-16(3-1-4-16)5-2-11(13)10-20/h10,15H,1-9H2. The third-order valence-corrected chi connectivity index (χ3v) is 6.33. The Morgan fingerprint density at radius 1 is 1.00 bits per heavy atom. The molecule has 0 aromatic heterocycles. The molecule has 0 aliphatic heterocycles. The summed E-state index contributed by atoms with van der Waals surface area (Å²) in [6, 6.07) is 0. The van der Waals surface area contributed by atoms with Crippen LogP contribution in [0.4, 0.5) is 8.78 Å². The first kappa shape index (κ1) is 12.7. The van der Waals surface area contributed by atoms with Crippen LogP contribution in [0.3, 0.4) is 0 Å². The van der Waals surface area contributed by atoms with Gasteiger partial charge in [0.05, 0.1) is 0 Å². The average Bonchev–Trinajstić information content (AvgIpc) is 2.91. The topological polar surface area (TPSA) is 17.1 Å². The van der Waals surface area contributed by atoms with E-state index < -0.39 is 11.8 Å². The number of hydrogen-bond donors (Lipinski definition) is 0. The highest BCUT2D eigenvalue weighted by Gasteiger charge is 2.56. The van der Waals surface area contributed by atoms with Crippen LogP contribution >= 0.6 is 0 Å². The Morgan fingerprint density at radius 3 is 2.25 bits per heavy atom. The van der Waals surface area contributed by atoms with Crippen molar-refractivity contribution in [1.29, 1.82) is 0 Å². The predicted octanol–water partition coefficient (Wildman–Crippen LogP) is 4.58. The SMILES string of the molecule is O=CC1=C(C2=C3CC(C(F)F)(C3)C2)CC2(CCC2)CC1. The lowest BCUT2D eigenvalue weighted by Gasteiger charge is -2.46. The molecule has 1 spiro atoms. The van der Waals surface area contributed by atoms with Gasteiger partial charge in [-0.3, -0.25) is 4.79 Å². The van der Waals surface area contributed by atoms with Crippen LogP contribution in [0.2, 0.25) is 0 Å². The molecule has 0 saturated heterocycles. The van der Waals surface area contributed by atoms with Crippen LogP contribution in [-0.4, -0.2) is 12.7 Å². The van der Waals surface area contributed by atoms with Crippen LogP contribution in [0.25, 0.3) is 0 Å². The summed E-state index contributed by atoms with van der Waals surface area (Å²) in [5.41, 5.74) is 4.08. The van der Waals surface area contributed by atoms with E-state index in [1.807, 2.05) is 0 Å². The third kappa shape index (κ3) is 1.55. The molecule has 0 unspecified atom stereocenters. The molecule has 0 radical (unpaired) electrons. The summed E-state index contributed by atoms with van der Waals surface area (Å²) in [6.07, 6.45) is 7.18. The summed E-state index contributed by atoms with van der Waals surface area (Å²) >= 11 is 0. The normalized spacial score (nSPS) is 29.8. The van der Waals surface area contributed by atoms with Gasteiger partial charge in [-0.15, -0.1) is 0 Å². The first-order chi connectivity index (χ1) is 9.57. The monoisotopic (exact) mass is 278 g/mol. The maximum atomic E-state index is 13.2. The van der Waals surface area contributed by atoms with Crippen molar-refractivity contribution in [3.63, 3.8) is 0 Å². The van der Waals surface area contributed by atoms with E-state index in [1.54, 1.807) is 0 Å². The van der Waals surface area contributed by atoms with Crippen LogP contribution in [0.1, 0.15) is 57.8 Å². The van der Waals surface area contributed by atoms with Gasteiger partial charge >= 0.3 is 0 Å². The highest BCUT2D eigenvalue weighted by molar-refractivity contribution is 5.77. The number of alkyl halides is 2. The van der Waals surface area contributed by atoms with Crippen molar-refractivity contribution < 1.29 is 13.6 Å². The van der Waals surface area contributed by atoms with E-state index in [0.717, 1.165) is 36.7 Å². The summed E-state index contributed by atoms with van der Waals surface area (Å²) < 4.78 is 26.4. The smallest absolute Gasteiger partial charge is 0.245 e. The van der Waals surface area contributed by atoms with Crippen molar-refractivity contribution in [3.8, 4) is 0 Å². The number of carbonyl (C=O) groups excluding carboxylic acids is 1. The van der Waals surface area contributed by atoms with Gasteiger partial charge < -0.3 is 0 Å². The molecule has 0 aromatic carbocycles. The highest BCUT2D eigenvalue weighted by atomic mass is 19.3. The van der Waals surface area contributed by atoms with Gasteiger partial charge in [-0.1, -0.05) is 12.0 Å². The van der Waals surface area contributed by atoms with Crippen molar-refractivity contribution in [2.24, 2.45) is 10.8 Å². The molecule has 2 fully saturated rings. The number of aldehydes is 1. The maximum absolute atomic E-state index is 13.2. The molecular weight excluding hydrogens is 258 g/mol. The summed E-state index contributed by atoms with van der Waals surface area (Å²) in [7, 11) is 0. The van der Waals surface area contributed by atoms with Gasteiger partial charge in [0.1, 0.15) is 6.29 Å². The Morgan fingerprint density at radius 2 is 1.75 bits per heavy atom. The van der Waals surface area contributed by atoms with E-state index in [9.17, 15) is 13.6 Å². The fraction of sp³-hybridized carbons (Fsp3) is 0.706. The average molecular weight is 278 g/mol. The Balaban J connectivity index is 1.65. The van der Waals surface area contributed by atoms with Crippen LogP contribution in [0.15, 0.2) is 22.3 Å². The molecule has 0 aromatic rings. The van der Waals surface area contributed by atoms with Crippen molar-refractivity contribution >= 4 is 6.29 Å². The molecule has 5 aliphatic carbocycles. The first-order valence-electron chi connectivity index (χ1n) is 7.74. The second-order valence-corrected chi connectivity index (χ2v) is 7.43. The number of fused-ring (bicyclic) bond motifs is 1. The predicted molar refractivity (Wildman–Crippen MR) is 72.5 cm³/mol. The summed E-state index contributed by atoms with van der Waals surface area (Å²) in [4.78, 5) is 11.3. The minimum atomic E-state index is -2.22. The Bertz CT molecular complexity index is 529. The Labute approximate surface area is 118 Å². The third-order valence-electron chi connectivity index (χ3n) is 6.33. The Hall–Kier alpha value is -0.990. The highest BCUT2D eigenvalue weighted by Crippen LogP contribution is 2.65. The lowest BCUT2D eigenvalue weighted by atomic mass is 9.59. The first-order valence-corrected chi connectivity index (χ1v) is 7.74. The molecule has 20 heavy (non-hydrogen) atoms. The number of hydrogen-bond acceptors (Lipinski definition) is 1. The van der Waals surface area contributed by atoms with E-state index in [0.29, 0.717) is 24.7 Å². The van der Waals surface area contributed by atoms with E-state index in [4.69, 9.17) is 0 Å². The van der Waals surface area contributed by atoms with Gasteiger partial charge in [-0.25, -0.2) is 8.78 Å². The molecule has 5 aliphatic rings. The fourth-order valence-corrected chi connectivity index (χ4v) is 4.83.